The van der Waals surface area contributed by atoms with Gasteiger partial charge in [-0.05, 0) is 25.7 Å². The molecule has 0 bridgehead atoms. The number of hydrogen-bond acceptors (Lipinski definition) is 3. The number of aromatic nitrogens is 2. The highest BCUT2D eigenvalue weighted by Gasteiger charge is 2.38. The van der Waals surface area contributed by atoms with Gasteiger partial charge in [-0.15, -0.1) is 0 Å². The lowest BCUT2D eigenvalue weighted by molar-refractivity contribution is -0.143. The van der Waals surface area contributed by atoms with Crippen LogP contribution in [0.15, 0.2) is 6.33 Å². The number of aromatic amines is 1. The number of imidazole rings is 1. The summed E-state index contributed by atoms with van der Waals surface area (Å²) in [5.41, 5.74) is 1.58. The van der Waals surface area contributed by atoms with Crippen molar-refractivity contribution in [1.82, 2.24) is 19.8 Å². The Morgan fingerprint density at radius 3 is 2.90 bits per heavy atom. The van der Waals surface area contributed by atoms with E-state index in [1.54, 1.807) is 11.2 Å². The molecule has 1 aromatic heterocycles. The Balaban J connectivity index is 1.80. The number of nitrogens with zero attached hydrogens (tertiary/aromatic N) is 3. The van der Waals surface area contributed by atoms with Crippen molar-refractivity contribution in [3.8, 4) is 0 Å². The van der Waals surface area contributed by atoms with Gasteiger partial charge in [-0.3, -0.25) is 0 Å². The van der Waals surface area contributed by atoms with Crippen LogP contribution >= 0.6 is 0 Å². The van der Waals surface area contributed by atoms with Crippen LogP contribution < -0.4 is 0 Å². The number of aliphatic carboxylic acids is 1. The number of carbonyl (C=O) groups excluding carboxylic acids is 1. The molecular weight excluding hydrogens is 272 g/mol. The van der Waals surface area contributed by atoms with Gasteiger partial charge in [-0.25, -0.2) is 14.6 Å². The highest BCUT2D eigenvalue weighted by atomic mass is 16.4. The van der Waals surface area contributed by atoms with E-state index in [4.69, 9.17) is 0 Å². The lowest BCUT2D eigenvalue weighted by Gasteiger charge is -2.36. The van der Waals surface area contributed by atoms with E-state index in [0.29, 0.717) is 12.5 Å². The molecule has 1 unspecified atom stereocenters. The Kier molecular flexibility index (Phi) is 3.57. The summed E-state index contributed by atoms with van der Waals surface area (Å²) in [7, 11) is 0. The summed E-state index contributed by atoms with van der Waals surface area (Å²) in [4.78, 5) is 34.5. The van der Waals surface area contributed by atoms with Gasteiger partial charge in [0.1, 0.15) is 6.04 Å². The molecule has 2 heterocycles. The van der Waals surface area contributed by atoms with Crippen LogP contribution in [0.5, 0.6) is 0 Å². The van der Waals surface area contributed by atoms with E-state index in [1.807, 2.05) is 6.92 Å². The minimum atomic E-state index is -0.973. The molecule has 1 aliphatic carbocycles. The molecule has 0 saturated heterocycles. The van der Waals surface area contributed by atoms with Crippen LogP contribution in [0.4, 0.5) is 4.79 Å². The van der Waals surface area contributed by atoms with Crippen molar-refractivity contribution < 1.29 is 14.7 Å². The lowest BCUT2D eigenvalue weighted by atomic mass is 10.0. The number of carbonyl (C=O) groups is 2. The summed E-state index contributed by atoms with van der Waals surface area (Å²) in [6.45, 7) is 3.55. The fraction of sp³-hybridized carbons (Fsp3) is 0.643. The first-order valence-corrected chi connectivity index (χ1v) is 7.39. The van der Waals surface area contributed by atoms with Gasteiger partial charge in [-0.1, -0.05) is 0 Å². The SMILES string of the molecule is CCN(CC1CC1)C(=O)N1Cc2[nH]cnc2CC1C(=O)O. The van der Waals surface area contributed by atoms with Crippen molar-refractivity contribution in [2.24, 2.45) is 5.92 Å². The van der Waals surface area contributed by atoms with Crippen LogP contribution in [0, 0.1) is 5.92 Å². The Morgan fingerprint density at radius 2 is 2.29 bits per heavy atom. The average molecular weight is 292 g/mol. The average Bonchev–Trinajstić information content (AvgIpc) is 3.17. The van der Waals surface area contributed by atoms with Crippen molar-refractivity contribution in [2.45, 2.75) is 38.8 Å². The molecule has 1 saturated carbocycles. The molecule has 114 valence electrons. The number of hydrogen-bond donors (Lipinski definition) is 2. The predicted octanol–water partition coefficient (Wildman–Crippen LogP) is 1.07. The second-order valence-corrected chi connectivity index (χ2v) is 5.78. The normalized spacial score (nSPS) is 21.0. The minimum Gasteiger partial charge on any atom is -0.480 e. The zero-order chi connectivity index (χ0) is 15.0. The topological polar surface area (TPSA) is 89.5 Å². The Labute approximate surface area is 122 Å². The van der Waals surface area contributed by atoms with E-state index in [-0.39, 0.29) is 19.0 Å². The van der Waals surface area contributed by atoms with E-state index < -0.39 is 12.0 Å². The Morgan fingerprint density at radius 1 is 1.52 bits per heavy atom. The van der Waals surface area contributed by atoms with Gasteiger partial charge in [0.2, 0.25) is 0 Å². The summed E-state index contributed by atoms with van der Waals surface area (Å²) < 4.78 is 0. The number of fused-ring (bicyclic) bond motifs is 1. The van der Waals surface area contributed by atoms with Crippen molar-refractivity contribution in [1.29, 1.82) is 0 Å². The summed E-state index contributed by atoms with van der Waals surface area (Å²) in [6, 6.07) is -1.02. The number of nitrogens with one attached hydrogen (secondary N) is 1. The molecule has 21 heavy (non-hydrogen) atoms. The summed E-state index contributed by atoms with van der Waals surface area (Å²) >= 11 is 0. The molecule has 0 aromatic carbocycles. The second-order valence-electron chi connectivity index (χ2n) is 5.78. The van der Waals surface area contributed by atoms with Crippen molar-refractivity contribution in [3.05, 3.63) is 17.7 Å². The van der Waals surface area contributed by atoms with Crippen molar-refractivity contribution in [3.63, 3.8) is 0 Å². The van der Waals surface area contributed by atoms with E-state index in [2.05, 4.69) is 9.97 Å². The van der Waals surface area contributed by atoms with Gasteiger partial charge in [0, 0.05) is 19.5 Å². The van der Waals surface area contributed by atoms with E-state index in [1.165, 1.54) is 4.90 Å². The predicted molar refractivity (Wildman–Crippen MR) is 74.6 cm³/mol. The van der Waals surface area contributed by atoms with Gasteiger partial charge >= 0.3 is 12.0 Å². The highest BCUT2D eigenvalue weighted by molar-refractivity contribution is 5.83. The zero-order valence-corrected chi connectivity index (χ0v) is 12.1. The maximum Gasteiger partial charge on any atom is 0.326 e. The number of amides is 2. The molecule has 2 amide bonds. The maximum atomic E-state index is 12.7. The third-order valence-corrected chi connectivity index (χ3v) is 4.26. The fourth-order valence-corrected chi connectivity index (χ4v) is 2.79. The Hall–Kier alpha value is -2.05. The molecule has 1 aromatic rings. The van der Waals surface area contributed by atoms with Gasteiger partial charge in [-0.2, -0.15) is 0 Å². The molecule has 2 N–H and O–H groups in total. The van der Waals surface area contributed by atoms with Crippen LogP contribution in [-0.4, -0.2) is 56.0 Å². The zero-order valence-electron chi connectivity index (χ0n) is 12.1. The molecule has 7 nitrogen and oxygen atoms in total. The van der Waals surface area contributed by atoms with Gasteiger partial charge in [0.05, 0.1) is 24.3 Å². The first-order chi connectivity index (χ1) is 10.1. The molecule has 0 radical (unpaired) electrons. The van der Waals surface area contributed by atoms with Crippen LogP contribution in [-0.2, 0) is 17.8 Å². The van der Waals surface area contributed by atoms with Crippen LogP contribution in [0.1, 0.15) is 31.2 Å². The molecule has 1 atom stereocenters. The minimum absolute atomic E-state index is 0.183. The largest absolute Gasteiger partial charge is 0.480 e. The van der Waals surface area contributed by atoms with Crippen molar-refractivity contribution in [2.75, 3.05) is 13.1 Å². The molecule has 3 rings (SSSR count). The quantitative estimate of drug-likeness (QED) is 0.868. The smallest absolute Gasteiger partial charge is 0.326 e. The number of rotatable bonds is 4. The summed E-state index contributed by atoms with van der Waals surface area (Å²) in [5.74, 6) is -0.385. The third-order valence-electron chi connectivity index (χ3n) is 4.26. The fourth-order valence-electron chi connectivity index (χ4n) is 2.79. The van der Waals surface area contributed by atoms with Gasteiger partial charge in [0.15, 0.2) is 0 Å². The second kappa shape index (κ2) is 5.38. The lowest BCUT2D eigenvalue weighted by Crippen LogP contribution is -2.53. The van der Waals surface area contributed by atoms with Crippen LogP contribution in [0.3, 0.4) is 0 Å². The standard InChI is InChI=1S/C14H20N4O3/c1-2-17(6-9-3-4-9)14(21)18-7-11-10(15-8-16-11)5-12(18)13(19)20/h8-9,12H,2-7H2,1H3,(H,15,16)(H,19,20). The molecule has 1 aliphatic heterocycles. The maximum absolute atomic E-state index is 12.7. The first kappa shape index (κ1) is 13.9. The molecule has 0 spiro atoms. The van der Waals surface area contributed by atoms with Gasteiger partial charge < -0.3 is 19.9 Å². The summed E-state index contributed by atoms with van der Waals surface area (Å²) in [6.07, 6.45) is 4.15. The van der Waals surface area contributed by atoms with E-state index in [9.17, 15) is 14.7 Å². The van der Waals surface area contributed by atoms with E-state index in [0.717, 1.165) is 30.8 Å². The molecular formula is C14H20N4O3. The first-order valence-electron chi connectivity index (χ1n) is 7.39. The summed E-state index contributed by atoms with van der Waals surface area (Å²) in [5, 5.41) is 9.42. The highest BCUT2D eigenvalue weighted by Crippen LogP contribution is 2.30. The number of H-pyrrole nitrogens is 1. The Bertz CT molecular complexity index is 552. The molecule has 7 heteroatoms. The monoisotopic (exact) mass is 292 g/mol. The van der Waals surface area contributed by atoms with Crippen LogP contribution in [0.25, 0.3) is 0 Å². The van der Waals surface area contributed by atoms with Crippen LogP contribution in [0.2, 0.25) is 0 Å². The van der Waals surface area contributed by atoms with Crippen molar-refractivity contribution >= 4 is 12.0 Å². The molecule has 1 fully saturated rings. The number of urea groups is 1. The molecule has 2 aliphatic rings. The van der Waals surface area contributed by atoms with Gasteiger partial charge in [0.25, 0.3) is 0 Å². The number of carboxylic acids is 1. The third kappa shape index (κ3) is 2.72. The number of carboxylic acid groups (broad SMARTS) is 1. The van der Waals surface area contributed by atoms with E-state index >= 15 is 0 Å².